The molecule has 1 heterocycles. The van der Waals surface area contributed by atoms with Crippen LogP contribution in [0.2, 0.25) is 0 Å². The molecule has 0 spiro atoms. The van der Waals surface area contributed by atoms with Gasteiger partial charge in [0.2, 0.25) is 0 Å². The first kappa shape index (κ1) is 18.8. The third-order valence-corrected chi connectivity index (χ3v) is 5.06. The highest BCUT2D eigenvalue weighted by Gasteiger charge is 2.26. The fraction of sp³-hybridized carbons (Fsp3) is 0.0385. The number of aliphatic imine (C=N–C) groups is 1. The summed E-state index contributed by atoms with van der Waals surface area (Å²) < 4.78 is 6.61. The van der Waals surface area contributed by atoms with E-state index in [1.807, 2.05) is 42.7 Å². The summed E-state index contributed by atoms with van der Waals surface area (Å²) in [5.74, 6) is 0.906. The van der Waals surface area contributed by atoms with Crippen LogP contribution in [-0.2, 0) is 4.65 Å². The second-order valence-corrected chi connectivity index (χ2v) is 6.92. The lowest BCUT2D eigenvalue weighted by atomic mass is 9.55. The van der Waals surface area contributed by atoms with E-state index in [2.05, 4.69) is 78.8 Å². The molecule has 0 amide bonds. The van der Waals surface area contributed by atoms with Gasteiger partial charge in [-0.3, -0.25) is 4.99 Å². The topological polar surface area (TPSA) is 21.6 Å². The van der Waals surface area contributed by atoms with E-state index in [9.17, 15) is 0 Å². The van der Waals surface area contributed by atoms with Crippen molar-refractivity contribution in [1.29, 1.82) is 0 Å². The molecular formula is C26H22BNO. The molecule has 1 aliphatic heterocycles. The van der Waals surface area contributed by atoms with Crippen molar-refractivity contribution < 1.29 is 4.65 Å². The molecule has 0 bridgehead atoms. The van der Waals surface area contributed by atoms with Crippen LogP contribution in [0.25, 0.3) is 12.2 Å². The van der Waals surface area contributed by atoms with Gasteiger partial charge in [-0.05, 0) is 34.2 Å². The Balaban J connectivity index is 1.76. The Morgan fingerprint density at radius 2 is 1.38 bits per heavy atom. The normalized spacial score (nSPS) is 16.9. The Kier molecular flexibility index (Phi) is 5.57. The molecule has 3 heteroatoms. The predicted molar refractivity (Wildman–Crippen MR) is 126 cm³/mol. The van der Waals surface area contributed by atoms with Gasteiger partial charge in [0.05, 0.1) is 5.70 Å². The minimum Gasteiger partial charge on any atom is -0.550 e. The molecular weight excluding hydrogens is 353 g/mol. The lowest BCUT2D eigenvalue weighted by molar-refractivity contribution is 0.458. The number of nitrogens with zero attached hydrogens (tertiary/aromatic N) is 1. The number of rotatable bonds is 6. The number of benzene rings is 2. The summed E-state index contributed by atoms with van der Waals surface area (Å²) in [6.07, 6.45) is 17.8. The number of hydrogen-bond donors (Lipinski definition) is 0. The van der Waals surface area contributed by atoms with Crippen molar-refractivity contribution in [3.8, 4) is 0 Å². The number of allylic oxidation sites excluding steroid dienone is 5. The molecule has 1 unspecified atom stereocenters. The van der Waals surface area contributed by atoms with Crippen LogP contribution in [0.4, 0.5) is 0 Å². The second-order valence-electron chi connectivity index (χ2n) is 6.92. The quantitative estimate of drug-likeness (QED) is 0.672. The molecule has 2 aromatic rings. The highest BCUT2D eigenvalue weighted by molar-refractivity contribution is 6.80. The molecule has 0 N–H and O–H groups in total. The van der Waals surface area contributed by atoms with Crippen molar-refractivity contribution in [2.75, 3.05) is 0 Å². The van der Waals surface area contributed by atoms with Gasteiger partial charge >= 0.3 is 6.92 Å². The van der Waals surface area contributed by atoms with Crippen molar-refractivity contribution >= 4 is 36.2 Å². The fourth-order valence-electron chi connectivity index (χ4n) is 3.43. The molecule has 2 aliphatic rings. The lowest BCUT2D eigenvalue weighted by Gasteiger charge is -2.21. The van der Waals surface area contributed by atoms with E-state index in [-0.39, 0.29) is 12.8 Å². The fourth-order valence-corrected chi connectivity index (χ4v) is 3.43. The molecule has 2 aromatic carbocycles. The van der Waals surface area contributed by atoms with Crippen molar-refractivity contribution in [3.63, 3.8) is 0 Å². The lowest BCUT2D eigenvalue weighted by Crippen LogP contribution is -2.44. The first-order chi connectivity index (χ1) is 14.3. The molecule has 140 valence electrons. The number of fused-ring (bicyclic) bond motifs is 1. The second kappa shape index (κ2) is 8.62. The summed E-state index contributed by atoms with van der Waals surface area (Å²) in [7, 11) is 0. The highest BCUT2D eigenvalue weighted by atomic mass is 16.4. The summed E-state index contributed by atoms with van der Waals surface area (Å²) in [5, 5.41) is 0. The van der Waals surface area contributed by atoms with Crippen molar-refractivity contribution in [1.82, 2.24) is 0 Å². The first-order valence-corrected chi connectivity index (χ1v) is 9.70. The van der Waals surface area contributed by atoms with Gasteiger partial charge < -0.3 is 4.65 Å². The molecule has 1 atom stereocenters. The van der Waals surface area contributed by atoms with Crippen molar-refractivity contribution in [2.24, 2.45) is 10.9 Å². The van der Waals surface area contributed by atoms with E-state index in [1.54, 1.807) is 0 Å². The molecule has 29 heavy (non-hydrogen) atoms. The van der Waals surface area contributed by atoms with Gasteiger partial charge in [0.1, 0.15) is 5.76 Å². The summed E-state index contributed by atoms with van der Waals surface area (Å²) in [4.78, 5) is 4.60. The van der Waals surface area contributed by atoms with Crippen LogP contribution < -0.4 is 10.9 Å². The van der Waals surface area contributed by atoms with Gasteiger partial charge in [-0.25, -0.2) is 0 Å². The van der Waals surface area contributed by atoms with Gasteiger partial charge in [-0.15, -0.1) is 0 Å². The van der Waals surface area contributed by atoms with E-state index in [0.717, 1.165) is 33.5 Å². The van der Waals surface area contributed by atoms with Crippen molar-refractivity contribution in [2.45, 2.75) is 0 Å². The van der Waals surface area contributed by atoms with Crippen LogP contribution >= 0.6 is 0 Å². The minimum atomic E-state index is -0.250. The Bertz CT molecular complexity index is 1000. The van der Waals surface area contributed by atoms with Crippen molar-refractivity contribution in [3.05, 3.63) is 121 Å². The SMILES string of the molecule is C=Cc1ccc(B(OC2=C3N=CC=CC3C=CC=C2)c2ccc(C=C)cc2)cc1. The van der Waals surface area contributed by atoms with E-state index in [4.69, 9.17) is 4.65 Å². The molecule has 4 rings (SSSR count). The van der Waals surface area contributed by atoms with Crippen LogP contribution in [0.3, 0.4) is 0 Å². The summed E-state index contributed by atoms with van der Waals surface area (Å²) in [6.45, 7) is 7.44. The molecule has 2 nitrogen and oxygen atoms in total. The monoisotopic (exact) mass is 375 g/mol. The summed E-state index contributed by atoms with van der Waals surface area (Å²) in [6, 6.07) is 16.6. The molecule has 0 aromatic heterocycles. The number of hydrogen-bond acceptors (Lipinski definition) is 2. The third kappa shape index (κ3) is 4.14. The maximum absolute atomic E-state index is 6.61. The number of dihydropyridines is 1. The Labute approximate surface area is 172 Å². The Morgan fingerprint density at radius 3 is 1.97 bits per heavy atom. The zero-order valence-electron chi connectivity index (χ0n) is 16.2. The predicted octanol–water partition coefficient (Wildman–Crippen LogP) is 4.69. The first-order valence-electron chi connectivity index (χ1n) is 9.70. The van der Waals surface area contributed by atoms with Gasteiger partial charge in [-0.1, -0.05) is 98.1 Å². The Hall–Kier alpha value is -3.59. The molecule has 0 fully saturated rings. The maximum Gasteiger partial charge on any atom is 0.426 e. The van der Waals surface area contributed by atoms with Gasteiger partial charge in [0, 0.05) is 12.1 Å². The van der Waals surface area contributed by atoms with E-state index >= 15 is 0 Å². The molecule has 0 saturated heterocycles. The highest BCUT2D eigenvalue weighted by Crippen LogP contribution is 2.26. The zero-order valence-corrected chi connectivity index (χ0v) is 16.2. The van der Waals surface area contributed by atoms with Crippen LogP contribution in [0, 0.1) is 5.92 Å². The van der Waals surface area contributed by atoms with E-state index in [0.29, 0.717) is 0 Å². The Morgan fingerprint density at radius 1 is 0.793 bits per heavy atom. The average molecular weight is 375 g/mol. The zero-order chi connectivity index (χ0) is 20.1. The summed E-state index contributed by atoms with van der Waals surface area (Å²) >= 11 is 0. The van der Waals surface area contributed by atoms with E-state index < -0.39 is 0 Å². The van der Waals surface area contributed by atoms with Crippen LogP contribution in [0.15, 0.2) is 115 Å². The largest absolute Gasteiger partial charge is 0.550 e. The van der Waals surface area contributed by atoms with Gasteiger partial charge in [0.15, 0.2) is 0 Å². The standard InChI is InChI=1S/C26H22BNO/c1-3-20-11-15-23(16-12-20)27(24-17-13-21(4-2)14-18-24)29-25-10-6-5-8-22-9-7-19-28-26(22)25/h3-19,22H,1-2H2. The molecule has 0 saturated carbocycles. The van der Waals surface area contributed by atoms with E-state index in [1.165, 1.54) is 0 Å². The van der Waals surface area contributed by atoms with Crippen LogP contribution in [0.1, 0.15) is 11.1 Å². The van der Waals surface area contributed by atoms with Gasteiger partial charge in [0.25, 0.3) is 0 Å². The van der Waals surface area contributed by atoms with Gasteiger partial charge in [-0.2, -0.15) is 0 Å². The average Bonchev–Trinajstić information content (AvgIpc) is 3.00. The van der Waals surface area contributed by atoms with Crippen LogP contribution in [-0.4, -0.2) is 13.1 Å². The maximum atomic E-state index is 6.61. The minimum absolute atomic E-state index is 0.122. The summed E-state index contributed by atoms with van der Waals surface area (Å²) in [5.41, 5.74) is 5.24. The molecule has 0 radical (unpaired) electrons. The third-order valence-electron chi connectivity index (χ3n) is 5.06. The smallest absolute Gasteiger partial charge is 0.426 e. The van der Waals surface area contributed by atoms with Crippen LogP contribution in [0.5, 0.6) is 0 Å². The molecule has 1 aliphatic carbocycles.